The van der Waals surface area contributed by atoms with Gasteiger partial charge in [-0.05, 0) is 48.7 Å². The zero-order valence-electron chi connectivity index (χ0n) is 15.7. The zero-order chi connectivity index (χ0) is 19.1. The molecule has 1 aliphatic heterocycles. The van der Waals surface area contributed by atoms with Gasteiger partial charge in [-0.25, -0.2) is 4.98 Å². The van der Waals surface area contributed by atoms with E-state index >= 15 is 0 Å². The van der Waals surface area contributed by atoms with Crippen LogP contribution in [0, 0.1) is 0 Å². The molecule has 0 spiro atoms. The van der Waals surface area contributed by atoms with E-state index in [-0.39, 0.29) is 12.3 Å². The summed E-state index contributed by atoms with van der Waals surface area (Å²) in [5.74, 6) is 3.17. The fourth-order valence-electron chi connectivity index (χ4n) is 3.48. The molecule has 0 radical (unpaired) electrons. The molecule has 1 saturated carbocycles. The van der Waals surface area contributed by atoms with Crippen LogP contribution >= 0.6 is 11.3 Å². The van der Waals surface area contributed by atoms with Crippen molar-refractivity contribution in [1.82, 2.24) is 4.98 Å². The predicted molar refractivity (Wildman–Crippen MR) is 108 cm³/mol. The third-order valence-corrected chi connectivity index (χ3v) is 5.97. The van der Waals surface area contributed by atoms with Crippen molar-refractivity contribution in [3.05, 3.63) is 47.3 Å². The van der Waals surface area contributed by atoms with Crippen molar-refractivity contribution in [2.45, 2.75) is 18.4 Å². The largest absolute Gasteiger partial charge is 0.497 e. The second kappa shape index (κ2) is 6.60. The molecule has 0 unspecified atom stereocenters. The molecule has 7 heteroatoms. The Morgan fingerprint density at radius 1 is 1.04 bits per heavy atom. The molecule has 0 bridgehead atoms. The Morgan fingerprint density at radius 3 is 2.68 bits per heavy atom. The van der Waals surface area contributed by atoms with Crippen LogP contribution in [0.3, 0.4) is 0 Å². The van der Waals surface area contributed by atoms with Gasteiger partial charge in [0.1, 0.15) is 11.5 Å². The van der Waals surface area contributed by atoms with Gasteiger partial charge in [0.2, 0.25) is 6.79 Å². The van der Waals surface area contributed by atoms with Crippen LogP contribution in [0.15, 0.2) is 41.8 Å². The average molecular weight is 396 g/mol. The smallest absolute Gasteiger partial charge is 0.231 e. The maximum atomic E-state index is 5.53. The summed E-state index contributed by atoms with van der Waals surface area (Å²) in [6.07, 6.45) is 2.12. The first-order valence-corrected chi connectivity index (χ1v) is 9.95. The molecular formula is C21H20N2O4S. The summed E-state index contributed by atoms with van der Waals surface area (Å²) in [4.78, 5) is 4.80. The number of rotatable bonds is 6. The number of ether oxygens (including phenoxy) is 4. The third kappa shape index (κ3) is 2.92. The Labute approximate surface area is 167 Å². The van der Waals surface area contributed by atoms with E-state index in [1.165, 1.54) is 5.56 Å². The van der Waals surface area contributed by atoms with Gasteiger partial charge in [-0.3, -0.25) is 0 Å². The van der Waals surface area contributed by atoms with E-state index in [0.717, 1.165) is 52.2 Å². The number of anilines is 1. The first-order valence-electron chi connectivity index (χ1n) is 9.07. The lowest BCUT2D eigenvalue weighted by molar-refractivity contribution is 0.174. The van der Waals surface area contributed by atoms with Gasteiger partial charge in [0.05, 0.1) is 25.5 Å². The molecule has 0 saturated heterocycles. The number of thiazole rings is 1. The summed E-state index contributed by atoms with van der Waals surface area (Å²) in [6.45, 7) is 0.289. The summed E-state index contributed by atoms with van der Waals surface area (Å²) in [6, 6.07) is 11.9. The van der Waals surface area contributed by atoms with Gasteiger partial charge >= 0.3 is 0 Å². The van der Waals surface area contributed by atoms with Crippen LogP contribution in [0.4, 0.5) is 5.13 Å². The molecule has 5 rings (SSSR count). The van der Waals surface area contributed by atoms with Gasteiger partial charge in [0.25, 0.3) is 0 Å². The van der Waals surface area contributed by atoms with Gasteiger partial charge in [-0.1, -0.05) is 6.07 Å². The zero-order valence-corrected chi connectivity index (χ0v) is 16.5. The monoisotopic (exact) mass is 396 g/mol. The van der Waals surface area contributed by atoms with E-state index in [4.69, 9.17) is 23.9 Å². The van der Waals surface area contributed by atoms with Crippen molar-refractivity contribution >= 4 is 16.5 Å². The molecule has 2 aliphatic rings. The predicted octanol–water partition coefficient (Wildman–Crippen LogP) is 4.66. The van der Waals surface area contributed by atoms with Gasteiger partial charge in [-0.2, -0.15) is 0 Å². The van der Waals surface area contributed by atoms with E-state index in [9.17, 15) is 0 Å². The van der Waals surface area contributed by atoms with Crippen molar-refractivity contribution in [2.75, 3.05) is 26.3 Å². The fourth-order valence-corrected chi connectivity index (χ4v) is 4.29. The standard InChI is InChI=1S/C21H20N2O4S/c1-24-14-4-6-17(25-2)15(10-14)16-11-28-20(22-16)23-21(7-8-21)13-3-5-18-19(9-13)27-12-26-18/h3-6,9-11H,7-8,12H2,1-2H3,(H,22,23). The topological polar surface area (TPSA) is 61.8 Å². The Kier molecular flexibility index (Phi) is 4.05. The van der Waals surface area contributed by atoms with E-state index in [1.807, 2.05) is 29.6 Å². The molecule has 2 heterocycles. The van der Waals surface area contributed by atoms with Crippen molar-refractivity contribution in [1.29, 1.82) is 0 Å². The molecule has 1 aromatic heterocycles. The highest BCUT2D eigenvalue weighted by Gasteiger charge is 2.45. The summed E-state index contributed by atoms with van der Waals surface area (Å²) in [5.41, 5.74) is 2.89. The minimum atomic E-state index is -0.0887. The third-order valence-electron chi connectivity index (χ3n) is 5.21. The van der Waals surface area contributed by atoms with E-state index in [0.29, 0.717) is 0 Å². The van der Waals surface area contributed by atoms with Crippen LogP contribution in [0.1, 0.15) is 18.4 Å². The van der Waals surface area contributed by atoms with Crippen LogP contribution in [-0.2, 0) is 5.54 Å². The van der Waals surface area contributed by atoms with Crippen LogP contribution in [0.25, 0.3) is 11.3 Å². The normalized spacial score (nSPS) is 15.9. The van der Waals surface area contributed by atoms with Gasteiger partial charge in [0, 0.05) is 10.9 Å². The van der Waals surface area contributed by atoms with Crippen LogP contribution < -0.4 is 24.3 Å². The van der Waals surface area contributed by atoms with Crippen molar-refractivity contribution in [3.8, 4) is 34.3 Å². The molecule has 0 amide bonds. The van der Waals surface area contributed by atoms with Gasteiger partial charge in [0.15, 0.2) is 16.6 Å². The molecule has 0 atom stereocenters. The van der Waals surface area contributed by atoms with Crippen LogP contribution in [-0.4, -0.2) is 26.0 Å². The Hall–Kier alpha value is -2.93. The number of methoxy groups -OCH3 is 2. The second-order valence-electron chi connectivity index (χ2n) is 6.88. The first kappa shape index (κ1) is 17.2. The summed E-state index contributed by atoms with van der Waals surface area (Å²) < 4.78 is 21.8. The quantitative estimate of drug-likeness (QED) is 0.654. The van der Waals surface area contributed by atoms with Crippen LogP contribution in [0.5, 0.6) is 23.0 Å². The minimum Gasteiger partial charge on any atom is -0.497 e. The Bertz CT molecular complexity index is 1030. The molecule has 1 N–H and O–H groups in total. The molecule has 144 valence electrons. The molecule has 1 aliphatic carbocycles. The number of fused-ring (bicyclic) bond motifs is 1. The van der Waals surface area contributed by atoms with Crippen molar-refractivity contribution in [2.24, 2.45) is 0 Å². The maximum Gasteiger partial charge on any atom is 0.231 e. The number of nitrogens with zero attached hydrogens (tertiary/aromatic N) is 1. The highest BCUT2D eigenvalue weighted by molar-refractivity contribution is 7.14. The SMILES string of the molecule is COc1ccc(OC)c(-c2csc(NC3(c4ccc5c(c4)OCO5)CC3)n2)c1. The Balaban J connectivity index is 1.42. The van der Waals surface area contributed by atoms with Crippen LogP contribution in [0.2, 0.25) is 0 Å². The van der Waals surface area contributed by atoms with E-state index in [2.05, 4.69) is 17.4 Å². The number of nitrogens with one attached hydrogen (secondary N) is 1. The lowest BCUT2D eigenvalue weighted by atomic mass is 10.0. The first-order chi connectivity index (χ1) is 13.7. The maximum absolute atomic E-state index is 5.53. The number of benzene rings is 2. The van der Waals surface area contributed by atoms with Crippen molar-refractivity contribution < 1.29 is 18.9 Å². The fraction of sp³-hybridized carbons (Fsp3) is 0.286. The number of aromatic nitrogens is 1. The average Bonchev–Trinajstić information content (AvgIpc) is 3.14. The molecule has 3 aromatic rings. The summed E-state index contributed by atoms with van der Waals surface area (Å²) >= 11 is 1.59. The number of hydrogen-bond donors (Lipinski definition) is 1. The highest BCUT2D eigenvalue weighted by atomic mass is 32.1. The minimum absolute atomic E-state index is 0.0887. The molecule has 6 nitrogen and oxygen atoms in total. The molecule has 28 heavy (non-hydrogen) atoms. The summed E-state index contributed by atoms with van der Waals surface area (Å²) in [5, 5.41) is 6.55. The van der Waals surface area contributed by atoms with Gasteiger partial charge < -0.3 is 24.3 Å². The lowest BCUT2D eigenvalue weighted by Crippen LogP contribution is -2.18. The molecular weight excluding hydrogens is 376 g/mol. The molecule has 2 aromatic carbocycles. The Morgan fingerprint density at radius 2 is 1.89 bits per heavy atom. The second-order valence-corrected chi connectivity index (χ2v) is 7.74. The lowest BCUT2D eigenvalue weighted by Gasteiger charge is -2.17. The molecule has 1 fully saturated rings. The highest BCUT2D eigenvalue weighted by Crippen LogP contribution is 2.51. The van der Waals surface area contributed by atoms with E-state index in [1.54, 1.807) is 25.6 Å². The van der Waals surface area contributed by atoms with Crippen molar-refractivity contribution in [3.63, 3.8) is 0 Å². The number of hydrogen-bond acceptors (Lipinski definition) is 7. The van der Waals surface area contributed by atoms with Gasteiger partial charge in [-0.15, -0.1) is 11.3 Å². The summed E-state index contributed by atoms with van der Waals surface area (Å²) in [7, 11) is 3.32. The van der Waals surface area contributed by atoms with E-state index < -0.39 is 0 Å².